The molecular formula is C32H45N5O5. The molecule has 3 heterocycles. The van der Waals surface area contributed by atoms with Gasteiger partial charge in [-0.05, 0) is 81.4 Å². The summed E-state index contributed by atoms with van der Waals surface area (Å²) in [5, 5.41) is 9.29. The molecule has 1 saturated heterocycles. The second-order valence-electron chi connectivity index (χ2n) is 12.0. The molecule has 1 aromatic heterocycles. The standard InChI is InChI=1S/C32H45N5O5/c1-6-9-22-10-7-11-26-17-25-16-23(13-14-24(25)18-33-26)20(4)34-29(38)27-12-8-15-37(36-27)31(40)21(5)35-30(39)28(19(2)3)42-32(22)41/h13-14,16-22,27-28,36H,6-12,15H2,1-5H3,(H,34,38)(H,35,39)/t20-,21+,22?,27+,28+/m1/s1. The van der Waals surface area contributed by atoms with Gasteiger partial charge in [-0.3, -0.25) is 29.2 Å². The second kappa shape index (κ2) is 14.1. The zero-order chi connectivity index (χ0) is 30.4. The van der Waals surface area contributed by atoms with E-state index < -0.39 is 24.1 Å². The van der Waals surface area contributed by atoms with E-state index in [1.165, 1.54) is 5.01 Å². The molecule has 228 valence electrons. The number of aromatic nitrogens is 1. The SMILES string of the molecule is CCCC1CCCc2cc3cc(ccc3cn2)[C@@H](C)NC(=O)[C@@H]2CCCN(N2)C(=O)[C@H](C)NC(=O)[C@H](C(C)C)OC1=O. The van der Waals surface area contributed by atoms with Gasteiger partial charge in [0, 0.05) is 23.8 Å². The van der Waals surface area contributed by atoms with Crippen LogP contribution in [-0.2, 0) is 30.3 Å². The number of hydrogen-bond donors (Lipinski definition) is 3. The van der Waals surface area contributed by atoms with Crippen LogP contribution in [0, 0.1) is 11.8 Å². The Kier molecular flexibility index (Phi) is 10.5. The Bertz CT molecular complexity index is 1300. The van der Waals surface area contributed by atoms with Crippen LogP contribution in [-0.4, -0.2) is 58.4 Å². The van der Waals surface area contributed by atoms with Gasteiger partial charge in [0.05, 0.1) is 12.0 Å². The number of ether oxygens (including phenoxy) is 1. The molecule has 1 unspecified atom stereocenters. The molecule has 4 rings (SSSR count). The minimum atomic E-state index is -1.02. The number of hydrazine groups is 1. The lowest BCUT2D eigenvalue weighted by Gasteiger charge is -2.35. The Balaban J connectivity index is 1.62. The van der Waals surface area contributed by atoms with E-state index in [9.17, 15) is 19.2 Å². The number of rotatable bonds is 3. The fourth-order valence-corrected chi connectivity index (χ4v) is 5.71. The fraction of sp³-hybridized carbons (Fsp3) is 0.594. The number of nitrogens with one attached hydrogen (secondary N) is 3. The third kappa shape index (κ3) is 7.65. The van der Waals surface area contributed by atoms with Gasteiger partial charge >= 0.3 is 5.97 Å². The molecule has 10 nitrogen and oxygen atoms in total. The number of aryl methyl sites for hydroxylation is 1. The fourth-order valence-electron chi connectivity index (χ4n) is 5.71. The molecule has 3 amide bonds. The van der Waals surface area contributed by atoms with E-state index in [1.54, 1.807) is 6.92 Å². The summed E-state index contributed by atoms with van der Waals surface area (Å²) in [6, 6.07) is 6.46. The van der Waals surface area contributed by atoms with Gasteiger partial charge in [-0.1, -0.05) is 39.3 Å². The summed E-state index contributed by atoms with van der Waals surface area (Å²) in [6.45, 7) is 9.62. The van der Waals surface area contributed by atoms with Crippen molar-refractivity contribution in [2.45, 2.75) is 104 Å². The molecule has 0 saturated carbocycles. The third-order valence-corrected chi connectivity index (χ3v) is 8.22. The molecule has 0 aliphatic carbocycles. The summed E-state index contributed by atoms with van der Waals surface area (Å²) in [4.78, 5) is 57.6. The zero-order valence-corrected chi connectivity index (χ0v) is 25.4. The Morgan fingerprint density at radius 1 is 0.976 bits per heavy atom. The van der Waals surface area contributed by atoms with E-state index >= 15 is 0 Å². The van der Waals surface area contributed by atoms with Gasteiger partial charge in [0.25, 0.3) is 11.8 Å². The van der Waals surface area contributed by atoms with E-state index in [-0.39, 0.29) is 35.7 Å². The first-order chi connectivity index (χ1) is 20.1. The number of pyridine rings is 1. The van der Waals surface area contributed by atoms with E-state index in [0.29, 0.717) is 38.6 Å². The highest BCUT2D eigenvalue weighted by atomic mass is 16.5. The number of benzene rings is 1. The van der Waals surface area contributed by atoms with Crippen LogP contribution in [0.1, 0.15) is 90.4 Å². The van der Waals surface area contributed by atoms with Crippen molar-refractivity contribution in [1.29, 1.82) is 0 Å². The van der Waals surface area contributed by atoms with E-state index in [2.05, 4.69) is 33.2 Å². The van der Waals surface area contributed by atoms with Crippen LogP contribution in [0.4, 0.5) is 0 Å². The summed E-state index contributed by atoms with van der Waals surface area (Å²) < 4.78 is 5.79. The largest absolute Gasteiger partial charge is 0.452 e. The Labute approximate surface area is 248 Å². The number of cyclic esters (lactones) is 1. The predicted octanol–water partition coefficient (Wildman–Crippen LogP) is 3.73. The molecule has 2 aliphatic rings. The molecular weight excluding hydrogens is 534 g/mol. The molecule has 10 heteroatoms. The van der Waals surface area contributed by atoms with Crippen molar-refractivity contribution in [2.24, 2.45) is 11.8 Å². The molecule has 1 aromatic carbocycles. The third-order valence-electron chi connectivity index (χ3n) is 8.22. The summed E-state index contributed by atoms with van der Waals surface area (Å²) in [5.74, 6) is -2.04. The number of fused-ring (bicyclic) bond motifs is 4. The van der Waals surface area contributed by atoms with Gasteiger partial charge < -0.3 is 15.4 Å². The second-order valence-corrected chi connectivity index (χ2v) is 12.0. The van der Waals surface area contributed by atoms with Crippen LogP contribution in [0.15, 0.2) is 30.5 Å². The van der Waals surface area contributed by atoms with Crippen molar-refractivity contribution in [3.63, 3.8) is 0 Å². The number of carbonyl (C=O) groups is 4. The number of nitrogens with zero attached hydrogens (tertiary/aromatic N) is 2. The first-order valence-corrected chi connectivity index (χ1v) is 15.3. The number of hydrogen-bond acceptors (Lipinski definition) is 7. The highest BCUT2D eigenvalue weighted by Gasteiger charge is 2.34. The highest BCUT2D eigenvalue weighted by Crippen LogP contribution is 2.24. The maximum Gasteiger partial charge on any atom is 0.309 e. The minimum absolute atomic E-state index is 0.192. The molecule has 2 aliphatic heterocycles. The van der Waals surface area contributed by atoms with Crippen LogP contribution < -0.4 is 16.1 Å². The van der Waals surface area contributed by atoms with Crippen molar-refractivity contribution >= 4 is 34.5 Å². The molecule has 1 fully saturated rings. The summed E-state index contributed by atoms with van der Waals surface area (Å²) in [7, 11) is 0. The molecule has 3 N–H and O–H groups in total. The molecule has 0 radical (unpaired) electrons. The Hall–Kier alpha value is -3.53. The first kappa shape index (κ1) is 31.4. The number of carbonyl (C=O) groups excluding carboxylic acids is 4. The normalized spacial score (nSPS) is 26.9. The molecule has 5 bridgehead atoms. The topological polar surface area (TPSA) is 130 Å². The van der Waals surface area contributed by atoms with Crippen LogP contribution in [0.5, 0.6) is 0 Å². The van der Waals surface area contributed by atoms with Crippen molar-refractivity contribution in [3.05, 3.63) is 41.7 Å². The molecule has 42 heavy (non-hydrogen) atoms. The summed E-state index contributed by atoms with van der Waals surface area (Å²) in [6.07, 6.45) is 5.63. The minimum Gasteiger partial charge on any atom is -0.452 e. The predicted molar refractivity (Wildman–Crippen MR) is 160 cm³/mol. The smallest absolute Gasteiger partial charge is 0.309 e. The van der Waals surface area contributed by atoms with Crippen molar-refractivity contribution in [3.8, 4) is 0 Å². The molecule has 0 spiro atoms. The average Bonchev–Trinajstić information content (AvgIpc) is 2.97. The van der Waals surface area contributed by atoms with Gasteiger partial charge in [-0.2, -0.15) is 0 Å². The van der Waals surface area contributed by atoms with Gasteiger partial charge in [-0.15, -0.1) is 0 Å². The Morgan fingerprint density at radius 2 is 1.74 bits per heavy atom. The van der Waals surface area contributed by atoms with Gasteiger partial charge in [0.1, 0.15) is 12.1 Å². The van der Waals surface area contributed by atoms with E-state index in [0.717, 1.165) is 34.9 Å². The maximum atomic E-state index is 13.3. The van der Waals surface area contributed by atoms with Crippen LogP contribution in [0.3, 0.4) is 0 Å². The van der Waals surface area contributed by atoms with E-state index in [1.807, 2.05) is 46.0 Å². The van der Waals surface area contributed by atoms with Crippen LogP contribution >= 0.6 is 0 Å². The monoisotopic (exact) mass is 579 g/mol. The average molecular weight is 580 g/mol. The maximum absolute atomic E-state index is 13.3. The van der Waals surface area contributed by atoms with Crippen molar-refractivity contribution in [2.75, 3.05) is 6.54 Å². The van der Waals surface area contributed by atoms with Crippen molar-refractivity contribution < 1.29 is 23.9 Å². The first-order valence-electron chi connectivity index (χ1n) is 15.3. The quantitative estimate of drug-likeness (QED) is 0.473. The lowest BCUT2D eigenvalue weighted by molar-refractivity contribution is -0.163. The van der Waals surface area contributed by atoms with Crippen LogP contribution in [0.25, 0.3) is 10.8 Å². The zero-order valence-electron chi connectivity index (χ0n) is 25.4. The van der Waals surface area contributed by atoms with Gasteiger partial charge in [0.15, 0.2) is 6.10 Å². The number of amides is 3. The Morgan fingerprint density at radius 3 is 2.48 bits per heavy atom. The number of esters is 1. The van der Waals surface area contributed by atoms with Gasteiger partial charge in [0.2, 0.25) is 5.91 Å². The summed E-state index contributed by atoms with van der Waals surface area (Å²) in [5.41, 5.74) is 4.97. The highest BCUT2D eigenvalue weighted by molar-refractivity contribution is 5.91. The lowest BCUT2D eigenvalue weighted by Crippen LogP contribution is -2.61. The molecule has 5 atom stereocenters. The van der Waals surface area contributed by atoms with E-state index in [4.69, 9.17) is 4.74 Å². The molecule has 2 aromatic rings. The lowest BCUT2D eigenvalue weighted by atomic mass is 9.95. The van der Waals surface area contributed by atoms with Crippen LogP contribution in [0.2, 0.25) is 0 Å². The summed E-state index contributed by atoms with van der Waals surface area (Å²) >= 11 is 0. The van der Waals surface area contributed by atoms with Crippen molar-refractivity contribution in [1.82, 2.24) is 26.1 Å². The van der Waals surface area contributed by atoms with Gasteiger partial charge in [-0.25, -0.2) is 5.43 Å².